The molecule has 0 aliphatic carbocycles. The molecule has 0 bridgehead atoms. The van der Waals surface area contributed by atoms with Crippen molar-refractivity contribution < 1.29 is 8.42 Å². The fourth-order valence-corrected chi connectivity index (χ4v) is 3.66. The molecule has 0 aromatic heterocycles. The summed E-state index contributed by atoms with van der Waals surface area (Å²) in [4.78, 5) is 2.07. The van der Waals surface area contributed by atoms with E-state index in [0.29, 0.717) is 19.5 Å². The second-order valence-electron chi connectivity index (χ2n) is 5.52. The number of nitrogens with zero attached hydrogens (tertiary/aromatic N) is 2. The van der Waals surface area contributed by atoms with Crippen LogP contribution < -0.4 is 5.32 Å². The van der Waals surface area contributed by atoms with E-state index >= 15 is 0 Å². The standard InChI is InChI=1S/C12H23N3O2S/c1-11(2)14-12(3,9-13)10-15-5-4-7-18(16,17)8-6-15/h11,14H,4-8,10H2,1-3H3. The van der Waals surface area contributed by atoms with E-state index in [1.807, 2.05) is 20.8 Å². The molecule has 0 radical (unpaired) electrons. The van der Waals surface area contributed by atoms with E-state index in [9.17, 15) is 13.7 Å². The topological polar surface area (TPSA) is 73.2 Å². The molecule has 1 aliphatic heterocycles. The van der Waals surface area contributed by atoms with Crippen LogP contribution in [0, 0.1) is 11.3 Å². The smallest absolute Gasteiger partial charge is 0.151 e. The predicted molar refractivity (Wildman–Crippen MR) is 72.0 cm³/mol. The van der Waals surface area contributed by atoms with Crippen LogP contribution >= 0.6 is 0 Å². The Balaban J connectivity index is 2.63. The Bertz CT molecular complexity index is 414. The summed E-state index contributed by atoms with van der Waals surface area (Å²) >= 11 is 0. The number of rotatable bonds is 4. The molecule has 0 spiro atoms. The first-order valence-corrected chi connectivity index (χ1v) is 8.20. The van der Waals surface area contributed by atoms with Gasteiger partial charge in [-0.1, -0.05) is 0 Å². The van der Waals surface area contributed by atoms with Crippen molar-refractivity contribution in [1.82, 2.24) is 10.2 Å². The van der Waals surface area contributed by atoms with Crippen LogP contribution in [0.15, 0.2) is 0 Å². The molecule has 5 nitrogen and oxygen atoms in total. The van der Waals surface area contributed by atoms with Crippen molar-refractivity contribution in [3.8, 4) is 6.07 Å². The Morgan fingerprint density at radius 1 is 1.39 bits per heavy atom. The van der Waals surface area contributed by atoms with Gasteiger partial charge in [0.2, 0.25) is 0 Å². The molecule has 1 rings (SSSR count). The highest BCUT2D eigenvalue weighted by atomic mass is 32.2. The van der Waals surface area contributed by atoms with Gasteiger partial charge in [0.1, 0.15) is 5.54 Å². The molecule has 0 aromatic carbocycles. The number of hydrogen-bond acceptors (Lipinski definition) is 5. The summed E-state index contributed by atoms with van der Waals surface area (Å²) < 4.78 is 23.0. The Morgan fingerprint density at radius 3 is 2.61 bits per heavy atom. The third kappa shape index (κ3) is 4.92. The van der Waals surface area contributed by atoms with Crippen LogP contribution in [0.1, 0.15) is 27.2 Å². The second-order valence-corrected chi connectivity index (χ2v) is 7.83. The van der Waals surface area contributed by atoms with Crippen LogP contribution in [0.2, 0.25) is 0 Å². The first kappa shape index (κ1) is 15.4. The molecule has 0 aromatic rings. The third-order valence-electron chi connectivity index (χ3n) is 3.04. The summed E-state index contributed by atoms with van der Waals surface area (Å²) in [5, 5.41) is 12.5. The highest BCUT2D eigenvalue weighted by Crippen LogP contribution is 2.11. The van der Waals surface area contributed by atoms with Gasteiger partial charge in [-0.15, -0.1) is 0 Å². The highest BCUT2D eigenvalue weighted by Gasteiger charge is 2.29. The molecule has 6 heteroatoms. The normalized spacial score (nSPS) is 24.2. The van der Waals surface area contributed by atoms with Crippen LogP contribution in [0.5, 0.6) is 0 Å². The van der Waals surface area contributed by atoms with E-state index in [1.165, 1.54) is 0 Å². The van der Waals surface area contributed by atoms with Gasteiger partial charge in [0, 0.05) is 19.1 Å². The number of nitriles is 1. The molecule has 1 unspecified atom stereocenters. The summed E-state index contributed by atoms with van der Waals surface area (Å²) in [5.74, 6) is 0.473. The van der Waals surface area contributed by atoms with Crippen molar-refractivity contribution in [2.24, 2.45) is 0 Å². The van der Waals surface area contributed by atoms with Crippen LogP contribution in [0.25, 0.3) is 0 Å². The maximum atomic E-state index is 11.5. The van der Waals surface area contributed by atoms with Gasteiger partial charge in [0.25, 0.3) is 0 Å². The average Bonchev–Trinajstić information content (AvgIpc) is 2.39. The molecule has 1 N–H and O–H groups in total. The van der Waals surface area contributed by atoms with E-state index in [-0.39, 0.29) is 17.5 Å². The van der Waals surface area contributed by atoms with Crippen molar-refractivity contribution in [1.29, 1.82) is 5.26 Å². The van der Waals surface area contributed by atoms with Crippen molar-refractivity contribution >= 4 is 9.84 Å². The van der Waals surface area contributed by atoms with Crippen molar-refractivity contribution in [3.05, 3.63) is 0 Å². The molecule has 0 amide bonds. The molecule has 1 aliphatic rings. The second kappa shape index (κ2) is 6.00. The lowest BCUT2D eigenvalue weighted by molar-refractivity contribution is 0.226. The Hall–Kier alpha value is -0.640. The zero-order valence-electron chi connectivity index (χ0n) is 11.4. The van der Waals surface area contributed by atoms with Gasteiger partial charge in [-0.05, 0) is 33.7 Å². The van der Waals surface area contributed by atoms with Gasteiger partial charge < -0.3 is 0 Å². The first-order valence-electron chi connectivity index (χ1n) is 6.38. The van der Waals surface area contributed by atoms with Gasteiger partial charge in [-0.3, -0.25) is 10.2 Å². The van der Waals surface area contributed by atoms with Gasteiger partial charge in [-0.2, -0.15) is 5.26 Å². The lowest BCUT2D eigenvalue weighted by Gasteiger charge is -2.31. The summed E-state index contributed by atoms with van der Waals surface area (Å²) in [7, 11) is -2.88. The quantitative estimate of drug-likeness (QED) is 0.802. The number of nitrogens with one attached hydrogen (secondary N) is 1. The van der Waals surface area contributed by atoms with Gasteiger partial charge in [0.15, 0.2) is 9.84 Å². The van der Waals surface area contributed by atoms with E-state index < -0.39 is 15.4 Å². The number of hydrogen-bond donors (Lipinski definition) is 1. The molecule has 1 atom stereocenters. The van der Waals surface area contributed by atoms with Crippen LogP contribution in [-0.4, -0.2) is 56.0 Å². The van der Waals surface area contributed by atoms with E-state index in [4.69, 9.17) is 0 Å². The van der Waals surface area contributed by atoms with Crippen LogP contribution in [-0.2, 0) is 9.84 Å². The van der Waals surface area contributed by atoms with E-state index in [1.54, 1.807) is 0 Å². The first-order chi connectivity index (χ1) is 8.26. The van der Waals surface area contributed by atoms with Gasteiger partial charge in [0.05, 0.1) is 17.6 Å². The van der Waals surface area contributed by atoms with Crippen LogP contribution in [0.3, 0.4) is 0 Å². The lowest BCUT2D eigenvalue weighted by atomic mass is 10.0. The largest absolute Gasteiger partial charge is 0.299 e. The maximum absolute atomic E-state index is 11.5. The number of sulfone groups is 1. The minimum atomic E-state index is -2.88. The van der Waals surface area contributed by atoms with E-state index in [2.05, 4.69) is 16.3 Å². The molecular formula is C12H23N3O2S. The molecule has 1 saturated heterocycles. The lowest BCUT2D eigenvalue weighted by Crippen LogP contribution is -2.53. The SMILES string of the molecule is CC(C)NC(C)(C#N)CN1CCCS(=O)(=O)CC1. The molecular weight excluding hydrogens is 250 g/mol. The van der Waals surface area contributed by atoms with Crippen LogP contribution in [0.4, 0.5) is 0 Å². The van der Waals surface area contributed by atoms with Crippen molar-refractivity contribution in [2.45, 2.75) is 38.8 Å². The fraction of sp³-hybridized carbons (Fsp3) is 0.917. The summed E-state index contributed by atoms with van der Waals surface area (Å²) in [5.41, 5.74) is -0.623. The van der Waals surface area contributed by atoms with Gasteiger partial charge in [-0.25, -0.2) is 8.42 Å². The van der Waals surface area contributed by atoms with Crippen molar-refractivity contribution in [2.75, 3.05) is 31.1 Å². The summed E-state index contributed by atoms with van der Waals surface area (Å²) in [6.07, 6.45) is 0.658. The Labute approximate surface area is 110 Å². The van der Waals surface area contributed by atoms with Crippen molar-refractivity contribution in [3.63, 3.8) is 0 Å². The van der Waals surface area contributed by atoms with Gasteiger partial charge >= 0.3 is 0 Å². The molecule has 1 fully saturated rings. The minimum Gasteiger partial charge on any atom is -0.299 e. The average molecular weight is 273 g/mol. The highest BCUT2D eigenvalue weighted by molar-refractivity contribution is 7.91. The Morgan fingerprint density at radius 2 is 2.06 bits per heavy atom. The monoisotopic (exact) mass is 273 g/mol. The summed E-state index contributed by atoms with van der Waals surface area (Å²) in [6, 6.07) is 2.52. The molecule has 18 heavy (non-hydrogen) atoms. The maximum Gasteiger partial charge on any atom is 0.151 e. The summed E-state index contributed by atoms with van der Waals surface area (Å²) in [6.45, 7) is 7.71. The molecule has 104 valence electrons. The predicted octanol–water partition coefficient (Wildman–Crippen LogP) is 0.387. The zero-order chi connectivity index (χ0) is 13.8. The third-order valence-corrected chi connectivity index (χ3v) is 4.76. The molecule has 0 saturated carbocycles. The molecule has 1 heterocycles. The van der Waals surface area contributed by atoms with E-state index in [0.717, 1.165) is 6.54 Å². The Kier molecular flexibility index (Phi) is 5.14. The fourth-order valence-electron chi connectivity index (χ4n) is 2.35. The minimum absolute atomic E-state index is 0.205. The zero-order valence-corrected chi connectivity index (χ0v) is 12.3.